The number of Topliss-reactive ketones (excluding diaryl/α,β-unsaturated/α-hetero) is 1. The Bertz CT molecular complexity index is 495. The van der Waals surface area contributed by atoms with Crippen molar-refractivity contribution in [2.75, 3.05) is 6.54 Å². The first-order valence-corrected chi connectivity index (χ1v) is 12.2. The Labute approximate surface area is 195 Å². The number of hydrogen-bond acceptors (Lipinski definition) is 5. The van der Waals surface area contributed by atoms with Gasteiger partial charge < -0.3 is 10.3 Å². The molecular formula is C21H40NNaO4S. The van der Waals surface area contributed by atoms with Crippen molar-refractivity contribution in [1.82, 2.24) is 0 Å². The molecule has 0 saturated heterocycles. The fraction of sp³-hybridized carbons (Fsp3) is 0.857. The van der Waals surface area contributed by atoms with Gasteiger partial charge in [0.15, 0.2) is 0 Å². The van der Waals surface area contributed by atoms with Crippen LogP contribution in [-0.2, 0) is 14.9 Å². The molecule has 1 atom stereocenters. The third-order valence-electron chi connectivity index (χ3n) is 4.84. The Balaban J connectivity index is 0. The third kappa shape index (κ3) is 19.6. The summed E-state index contributed by atoms with van der Waals surface area (Å²) in [6, 6.07) is 0. The molecule has 0 bridgehead atoms. The van der Waals surface area contributed by atoms with E-state index in [1.165, 1.54) is 51.4 Å². The molecule has 0 aromatic rings. The van der Waals surface area contributed by atoms with Crippen molar-refractivity contribution >= 4 is 15.9 Å². The normalized spacial score (nSPS) is 12.8. The SMILES string of the molecule is CCCCCCCC/C=C\CCCCCCCC(=O)CC(CN)S(=O)(=O)[O-].[Na+]. The number of nitrogens with two attached hydrogens (primary N) is 1. The maximum absolute atomic E-state index is 11.7. The molecule has 7 heteroatoms. The van der Waals surface area contributed by atoms with Crippen LogP contribution in [0.3, 0.4) is 0 Å². The Morgan fingerprint density at radius 1 is 0.893 bits per heavy atom. The Morgan fingerprint density at radius 3 is 1.82 bits per heavy atom. The van der Waals surface area contributed by atoms with Gasteiger partial charge in [-0.25, -0.2) is 8.42 Å². The van der Waals surface area contributed by atoms with Crippen LogP contribution in [-0.4, -0.2) is 30.5 Å². The summed E-state index contributed by atoms with van der Waals surface area (Å²) in [7, 11) is -4.47. The second-order valence-corrected chi connectivity index (χ2v) is 9.08. The first kappa shape index (κ1) is 30.5. The molecule has 160 valence electrons. The van der Waals surface area contributed by atoms with Crippen LogP contribution >= 0.6 is 0 Å². The van der Waals surface area contributed by atoms with Crippen LogP contribution in [0.2, 0.25) is 0 Å². The number of unbranched alkanes of at least 4 members (excludes halogenated alkanes) is 11. The van der Waals surface area contributed by atoms with Crippen molar-refractivity contribution in [3.8, 4) is 0 Å². The molecule has 0 radical (unpaired) electrons. The topological polar surface area (TPSA) is 100 Å². The van der Waals surface area contributed by atoms with Gasteiger partial charge in [-0.2, -0.15) is 0 Å². The number of carbonyl (C=O) groups is 1. The molecule has 0 aromatic heterocycles. The van der Waals surface area contributed by atoms with E-state index in [1.807, 2.05) is 0 Å². The molecule has 0 fully saturated rings. The van der Waals surface area contributed by atoms with Gasteiger partial charge in [-0.05, 0) is 32.1 Å². The summed E-state index contributed by atoms with van der Waals surface area (Å²) >= 11 is 0. The molecule has 2 N–H and O–H groups in total. The standard InChI is InChI=1S/C21H41NO4S.Na/c1-2-3-4-5-6-7-8-9-10-11-12-13-14-15-16-17-20(23)18-21(19-22)27(24,25)26;/h9-10,21H,2-8,11-19,22H2,1H3,(H,24,25,26);/q;+1/p-1/b10-9-;. The maximum Gasteiger partial charge on any atom is 1.00 e. The largest absolute Gasteiger partial charge is 1.00 e. The first-order valence-electron chi connectivity index (χ1n) is 10.7. The molecule has 0 saturated carbocycles. The van der Waals surface area contributed by atoms with E-state index in [0.717, 1.165) is 32.1 Å². The summed E-state index contributed by atoms with van der Waals surface area (Å²) in [5, 5.41) is -1.27. The molecule has 0 rings (SSSR count). The fourth-order valence-electron chi connectivity index (χ4n) is 3.05. The summed E-state index contributed by atoms with van der Waals surface area (Å²) in [5.41, 5.74) is 5.26. The van der Waals surface area contributed by atoms with Crippen molar-refractivity contribution in [2.24, 2.45) is 5.73 Å². The van der Waals surface area contributed by atoms with Crippen LogP contribution < -0.4 is 35.3 Å². The van der Waals surface area contributed by atoms with Gasteiger partial charge >= 0.3 is 29.6 Å². The fourth-order valence-corrected chi connectivity index (χ4v) is 3.68. The van der Waals surface area contributed by atoms with E-state index in [-0.39, 0.29) is 48.3 Å². The zero-order valence-electron chi connectivity index (χ0n) is 18.2. The van der Waals surface area contributed by atoms with Gasteiger partial charge in [0, 0.05) is 19.4 Å². The monoisotopic (exact) mass is 425 g/mol. The van der Waals surface area contributed by atoms with Gasteiger partial charge in [0.2, 0.25) is 0 Å². The smallest absolute Gasteiger partial charge is 0.748 e. The predicted octanol–water partition coefficient (Wildman–Crippen LogP) is 1.86. The average molecular weight is 426 g/mol. The minimum Gasteiger partial charge on any atom is -0.748 e. The van der Waals surface area contributed by atoms with E-state index in [0.29, 0.717) is 6.42 Å². The third-order valence-corrected chi connectivity index (χ3v) is 6.02. The van der Waals surface area contributed by atoms with Gasteiger partial charge in [-0.3, -0.25) is 4.79 Å². The molecule has 1 unspecified atom stereocenters. The minimum absolute atomic E-state index is 0. The number of carbonyl (C=O) groups excluding carboxylic acids is 1. The van der Waals surface area contributed by atoms with E-state index in [1.54, 1.807) is 0 Å². The van der Waals surface area contributed by atoms with Crippen molar-refractivity contribution in [3.05, 3.63) is 12.2 Å². The van der Waals surface area contributed by atoms with Crippen molar-refractivity contribution in [3.63, 3.8) is 0 Å². The summed E-state index contributed by atoms with van der Waals surface area (Å²) in [6.45, 7) is 1.95. The minimum atomic E-state index is -4.47. The number of ketones is 1. The molecule has 0 spiro atoms. The van der Waals surface area contributed by atoms with E-state index in [2.05, 4.69) is 19.1 Å². The quantitative estimate of drug-likeness (QED) is 0.147. The molecule has 0 aliphatic rings. The Morgan fingerprint density at radius 2 is 1.36 bits per heavy atom. The van der Waals surface area contributed by atoms with Gasteiger partial charge in [0.25, 0.3) is 0 Å². The van der Waals surface area contributed by atoms with Crippen LogP contribution in [0.15, 0.2) is 12.2 Å². The molecule has 0 heterocycles. The number of hydrogen-bond donors (Lipinski definition) is 1. The molecule has 0 aromatic carbocycles. The summed E-state index contributed by atoms with van der Waals surface area (Å²) in [4.78, 5) is 11.7. The molecule has 0 aliphatic carbocycles. The molecule has 0 aliphatic heterocycles. The van der Waals surface area contributed by atoms with Crippen LogP contribution in [0, 0.1) is 0 Å². The molecule has 0 amide bonds. The van der Waals surface area contributed by atoms with Crippen molar-refractivity contribution in [2.45, 2.75) is 108 Å². The summed E-state index contributed by atoms with van der Waals surface area (Å²) < 4.78 is 32.8. The zero-order chi connectivity index (χ0) is 20.4. The van der Waals surface area contributed by atoms with Gasteiger partial charge in [0.1, 0.15) is 5.78 Å². The first-order chi connectivity index (χ1) is 12.9. The van der Waals surface area contributed by atoms with E-state index >= 15 is 0 Å². The second kappa shape index (κ2) is 20.5. The van der Waals surface area contributed by atoms with E-state index in [9.17, 15) is 17.8 Å². The van der Waals surface area contributed by atoms with Gasteiger partial charge in [-0.1, -0.05) is 70.4 Å². The van der Waals surface area contributed by atoms with Crippen LogP contribution in [0.25, 0.3) is 0 Å². The van der Waals surface area contributed by atoms with Crippen molar-refractivity contribution < 1.29 is 47.3 Å². The van der Waals surface area contributed by atoms with Gasteiger partial charge in [0.05, 0.1) is 15.4 Å². The summed E-state index contributed by atoms with van der Waals surface area (Å²) in [6.07, 6.45) is 20.1. The zero-order valence-corrected chi connectivity index (χ0v) is 21.0. The Hall–Kier alpha value is 0.280. The average Bonchev–Trinajstić information content (AvgIpc) is 2.62. The van der Waals surface area contributed by atoms with Crippen LogP contribution in [0.4, 0.5) is 0 Å². The summed E-state index contributed by atoms with van der Waals surface area (Å²) in [5.74, 6) is -0.178. The maximum atomic E-state index is 11.7. The Kier molecular flexibility index (Phi) is 22.4. The van der Waals surface area contributed by atoms with E-state index < -0.39 is 15.4 Å². The van der Waals surface area contributed by atoms with Crippen molar-refractivity contribution in [1.29, 1.82) is 0 Å². The van der Waals surface area contributed by atoms with Crippen LogP contribution in [0.5, 0.6) is 0 Å². The molecule has 5 nitrogen and oxygen atoms in total. The molecular weight excluding hydrogens is 385 g/mol. The number of allylic oxidation sites excluding steroid dienone is 2. The predicted molar refractivity (Wildman–Crippen MR) is 112 cm³/mol. The number of rotatable bonds is 19. The van der Waals surface area contributed by atoms with E-state index in [4.69, 9.17) is 5.73 Å². The van der Waals surface area contributed by atoms with Crippen LogP contribution in [0.1, 0.15) is 103 Å². The molecule has 28 heavy (non-hydrogen) atoms. The van der Waals surface area contributed by atoms with Gasteiger partial charge in [-0.15, -0.1) is 0 Å². The second-order valence-electron chi connectivity index (χ2n) is 7.43.